The highest BCUT2D eigenvalue weighted by molar-refractivity contribution is 5.77. The van der Waals surface area contributed by atoms with E-state index in [2.05, 4.69) is 4.98 Å². The van der Waals surface area contributed by atoms with Crippen LogP contribution in [0.15, 0.2) is 29.2 Å². The van der Waals surface area contributed by atoms with Gasteiger partial charge < -0.3 is 0 Å². The fourth-order valence-corrected chi connectivity index (χ4v) is 1.85. The molecule has 0 saturated carbocycles. The lowest BCUT2D eigenvalue weighted by Crippen LogP contribution is -2.23. The van der Waals surface area contributed by atoms with E-state index < -0.39 is 16.2 Å². The first-order valence-corrected chi connectivity index (χ1v) is 5.78. The summed E-state index contributed by atoms with van der Waals surface area (Å²) in [6.45, 7) is 2.45. The molecule has 0 saturated heterocycles. The van der Waals surface area contributed by atoms with Crippen LogP contribution >= 0.6 is 0 Å². The minimum atomic E-state index is -0.642. The Morgan fingerprint density at radius 2 is 2.28 bits per heavy atom. The highest BCUT2D eigenvalue weighted by Crippen LogP contribution is 2.15. The molecule has 0 aliphatic rings. The summed E-state index contributed by atoms with van der Waals surface area (Å²) in [6.07, 6.45) is 3.27. The zero-order chi connectivity index (χ0) is 13.1. The fourth-order valence-electron chi connectivity index (χ4n) is 1.85. The predicted molar refractivity (Wildman–Crippen MR) is 67.6 cm³/mol. The maximum Gasteiger partial charge on any atom is 0.334 e. The van der Waals surface area contributed by atoms with Gasteiger partial charge in [0.05, 0.1) is 4.92 Å². The van der Waals surface area contributed by atoms with E-state index in [0.29, 0.717) is 17.6 Å². The molecule has 18 heavy (non-hydrogen) atoms. The Balaban J connectivity index is 2.73. The zero-order valence-electron chi connectivity index (χ0n) is 10.00. The molecule has 0 atom stereocenters. The number of aryl methyl sites for hydroxylation is 1. The number of nitrogens with zero attached hydrogens (tertiary/aromatic N) is 3. The Hall–Kier alpha value is -2.24. The van der Waals surface area contributed by atoms with Crippen LogP contribution in [0.25, 0.3) is 11.0 Å². The summed E-state index contributed by atoms with van der Waals surface area (Å²) in [5.74, 6) is 0. The third kappa shape index (κ3) is 2.09. The van der Waals surface area contributed by atoms with Gasteiger partial charge in [-0.1, -0.05) is 13.3 Å². The second kappa shape index (κ2) is 4.95. The second-order valence-electron chi connectivity index (χ2n) is 4.01. The number of fused-ring (bicyclic) bond motifs is 1. The van der Waals surface area contributed by atoms with E-state index in [1.165, 1.54) is 10.6 Å². The van der Waals surface area contributed by atoms with E-state index in [1.807, 2.05) is 6.92 Å². The van der Waals surface area contributed by atoms with Crippen LogP contribution < -0.4 is 5.56 Å². The van der Waals surface area contributed by atoms with Crippen molar-refractivity contribution in [1.82, 2.24) is 9.55 Å². The summed E-state index contributed by atoms with van der Waals surface area (Å²) in [4.78, 5) is 26.4. The molecule has 0 amide bonds. The topological polar surface area (TPSA) is 78.0 Å². The molecule has 2 heterocycles. The van der Waals surface area contributed by atoms with Gasteiger partial charge in [-0.25, -0.2) is 4.98 Å². The SMILES string of the molecule is CCCCn1c(=O)c([N+](=O)[O-])cc2cccnc21. The summed E-state index contributed by atoms with van der Waals surface area (Å²) in [5.41, 5.74) is -0.479. The molecule has 0 unspecified atom stereocenters. The maximum absolute atomic E-state index is 12.0. The van der Waals surface area contributed by atoms with E-state index in [-0.39, 0.29) is 0 Å². The molecule has 0 N–H and O–H groups in total. The normalized spacial score (nSPS) is 10.7. The van der Waals surface area contributed by atoms with Gasteiger partial charge in [-0.2, -0.15) is 0 Å². The van der Waals surface area contributed by atoms with Crippen molar-refractivity contribution in [1.29, 1.82) is 0 Å². The molecular formula is C12H13N3O3. The van der Waals surface area contributed by atoms with Crippen LogP contribution in [-0.2, 0) is 6.54 Å². The number of hydrogen-bond acceptors (Lipinski definition) is 4. The first kappa shape index (κ1) is 12.2. The average Bonchev–Trinajstić information content (AvgIpc) is 2.37. The van der Waals surface area contributed by atoms with E-state index in [0.717, 1.165) is 12.8 Å². The van der Waals surface area contributed by atoms with Crippen molar-refractivity contribution in [3.05, 3.63) is 44.9 Å². The number of nitro groups is 1. The first-order chi connectivity index (χ1) is 8.65. The van der Waals surface area contributed by atoms with E-state index in [1.54, 1.807) is 18.3 Å². The molecule has 0 aliphatic carbocycles. The minimum absolute atomic E-state index is 0.397. The van der Waals surface area contributed by atoms with Crippen molar-refractivity contribution >= 4 is 16.7 Å². The average molecular weight is 247 g/mol. The highest BCUT2D eigenvalue weighted by Gasteiger charge is 2.17. The van der Waals surface area contributed by atoms with Gasteiger partial charge in [0.1, 0.15) is 5.65 Å². The molecule has 0 spiro atoms. The van der Waals surface area contributed by atoms with Crippen molar-refractivity contribution < 1.29 is 4.92 Å². The summed E-state index contributed by atoms with van der Waals surface area (Å²) in [7, 11) is 0. The minimum Gasteiger partial charge on any atom is -0.287 e. The van der Waals surface area contributed by atoms with Gasteiger partial charge in [0.15, 0.2) is 0 Å². The molecule has 2 aromatic rings. The summed E-state index contributed by atoms with van der Waals surface area (Å²) >= 11 is 0. The Labute approximate surface area is 103 Å². The standard InChI is InChI=1S/C12H13N3O3/c1-2-3-7-14-11-9(5-4-6-13-11)8-10(12(14)16)15(17)18/h4-6,8H,2-3,7H2,1H3. The molecule has 2 aromatic heterocycles. The largest absolute Gasteiger partial charge is 0.334 e. The zero-order valence-corrected chi connectivity index (χ0v) is 10.00. The van der Waals surface area contributed by atoms with Gasteiger partial charge in [0, 0.05) is 24.2 Å². The van der Waals surface area contributed by atoms with Gasteiger partial charge in [0.2, 0.25) is 0 Å². The van der Waals surface area contributed by atoms with Crippen LogP contribution in [0.1, 0.15) is 19.8 Å². The first-order valence-electron chi connectivity index (χ1n) is 5.78. The van der Waals surface area contributed by atoms with Gasteiger partial charge in [-0.15, -0.1) is 0 Å². The summed E-state index contributed by atoms with van der Waals surface area (Å²) in [6, 6.07) is 4.70. The Bertz CT molecular complexity index is 649. The smallest absolute Gasteiger partial charge is 0.287 e. The van der Waals surface area contributed by atoms with Crippen LogP contribution in [0.4, 0.5) is 5.69 Å². The molecular weight excluding hydrogens is 234 g/mol. The number of unbranched alkanes of at least 4 members (excludes halogenated alkanes) is 1. The van der Waals surface area contributed by atoms with Crippen molar-refractivity contribution in [2.24, 2.45) is 0 Å². The fraction of sp³-hybridized carbons (Fsp3) is 0.333. The van der Waals surface area contributed by atoms with Crippen LogP contribution in [0.5, 0.6) is 0 Å². The predicted octanol–water partition coefficient (Wildman–Crippen LogP) is 2.10. The highest BCUT2D eigenvalue weighted by atomic mass is 16.6. The molecule has 94 valence electrons. The van der Waals surface area contributed by atoms with E-state index in [4.69, 9.17) is 0 Å². The monoisotopic (exact) mass is 247 g/mol. The lowest BCUT2D eigenvalue weighted by molar-refractivity contribution is -0.386. The Morgan fingerprint density at radius 1 is 1.50 bits per heavy atom. The van der Waals surface area contributed by atoms with Gasteiger partial charge >= 0.3 is 11.2 Å². The molecule has 6 nitrogen and oxygen atoms in total. The van der Waals surface area contributed by atoms with Crippen molar-refractivity contribution in [2.75, 3.05) is 0 Å². The number of rotatable bonds is 4. The van der Waals surface area contributed by atoms with E-state index >= 15 is 0 Å². The van der Waals surface area contributed by atoms with E-state index in [9.17, 15) is 14.9 Å². The molecule has 6 heteroatoms. The van der Waals surface area contributed by atoms with Crippen LogP contribution in [0.2, 0.25) is 0 Å². The molecule has 0 aromatic carbocycles. The number of hydrogen-bond donors (Lipinski definition) is 0. The summed E-state index contributed by atoms with van der Waals surface area (Å²) < 4.78 is 1.39. The summed E-state index contributed by atoms with van der Waals surface area (Å²) in [5, 5.41) is 11.5. The van der Waals surface area contributed by atoms with Gasteiger partial charge in [-0.3, -0.25) is 19.5 Å². The third-order valence-corrected chi connectivity index (χ3v) is 2.76. The molecule has 0 bridgehead atoms. The lowest BCUT2D eigenvalue weighted by atomic mass is 10.2. The lowest BCUT2D eigenvalue weighted by Gasteiger charge is -2.08. The van der Waals surface area contributed by atoms with Gasteiger partial charge in [-0.05, 0) is 18.6 Å². The van der Waals surface area contributed by atoms with Crippen molar-refractivity contribution in [2.45, 2.75) is 26.3 Å². The van der Waals surface area contributed by atoms with Crippen LogP contribution in [-0.4, -0.2) is 14.5 Å². The molecule has 0 radical (unpaired) electrons. The number of aromatic nitrogens is 2. The third-order valence-electron chi connectivity index (χ3n) is 2.76. The maximum atomic E-state index is 12.0. The second-order valence-corrected chi connectivity index (χ2v) is 4.01. The van der Waals surface area contributed by atoms with Gasteiger partial charge in [0.25, 0.3) is 0 Å². The van der Waals surface area contributed by atoms with Crippen molar-refractivity contribution in [3.63, 3.8) is 0 Å². The Kier molecular flexibility index (Phi) is 3.36. The number of pyridine rings is 2. The van der Waals surface area contributed by atoms with Crippen LogP contribution in [0, 0.1) is 10.1 Å². The van der Waals surface area contributed by atoms with Crippen LogP contribution in [0.3, 0.4) is 0 Å². The quantitative estimate of drug-likeness (QED) is 0.612. The Morgan fingerprint density at radius 3 is 2.94 bits per heavy atom. The molecule has 0 fully saturated rings. The molecule has 0 aliphatic heterocycles. The molecule has 2 rings (SSSR count). The van der Waals surface area contributed by atoms with Crippen molar-refractivity contribution in [3.8, 4) is 0 Å².